The lowest BCUT2D eigenvalue weighted by atomic mass is 10.0. The molecule has 0 bridgehead atoms. The number of ether oxygens (including phenoxy) is 1. The van der Waals surface area contributed by atoms with Crippen molar-refractivity contribution in [2.45, 2.75) is 6.92 Å². The third-order valence-electron chi connectivity index (χ3n) is 2.55. The van der Waals surface area contributed by atoms with E-state index in [-0.39, 0.29) is 5.78 Å². The first kappa shape index (κ1) is 13.8. The van der Waals surface area contributed by atoms with Crippen molar-refractivity contribution in [1.82, 2.24) is 0 Å². The monoisotopic (exact) mass is 388 g/mol. The van der Waals surface area contributed by atoms with Crippen LogP contribution in [-0.4, -0.2) is 12.9 Å². The van der Waals surface area contributed by atoms with Crippen LogP contribution in [0, 0.1) is 6.92 Å². The Balaban J connectivity index is 2.40. The first-order chi connectivity index (χ1) is 8.52. The Morgan fingerprint density at radius 3 is 2.50 bits per heavy atom. The van der Waals surface area contributed by atoms with Gasteiger partial charge in [0.1, 0.15) is 5.75 Å². The molecule has 0 aliphatic rings. The number of methoxy groups -OCH3 is 1. The van der Waals surface area contributed by atoms with Crippen molar-refractivity contribution in [1.29, 1.82) is 0 Å². The molecule has 1 aromatic carbocycles. The van der Waals surface area contributed by atoms with Crippen LogP contribution in [-0.2, 0) is 0 Å². The van der Waals surface area contributed by atoms with Gasteiger partial charge in [-0.2, -0.15) is 0 Å². The Morgan fingerprint density at radius 1 is 1.28 bits per heavy atom. The molecular weight excluding hydrogens is 380 g/mol. The Labute approximate surface area is 126 Å². The fourth-order valence-electron chi connectivity index (χ4n) is 1.61. The third kappa shape index (κ3) is 2.68. The van der Waals surface area contributed by atoms with Crippen molar-refractivity contribution in [2.75, 3.05) is 7.11 Å². The van der Waals surface area contributed by atoms with E-state index in [0.29, 0.717) is 10.4 Å². The van der Waals surface area contributed by atoms with Gasteiger partial charge >= 0.3 is 0 Å². The van der Waals surface area contributed by atoms with Crippen LogP contribution in [0.3, 0.4) is 0 Å². The van der Waals surface area contributed by atoms with E-state index < -0.39 is 0 Å². The fraction of sp³-hybridized carbons (Fsp3) is 0.154. The average molecular weight is 390 g/mol. The van der Waals surface area contributed by atoms with Crippen LogP contribution in [0.4, 0.5) is 0 Å². The Morgan fingerprint density at radius 2 is 2.00 bits per heavy atom. The van der Waals surface area contributed by atoms with Gasteiger partial charge in [0.05, 0.1) is 15.8 Å². The van der Waals surface area contributed by atoms with Gasteiger partial charge < -0.3 is 4.74 Å². The van der Waals surface area contributed by atoms with Crippen LogP contribution in [0.15, 0.2) is 32.5 Å². The number of halogens is 2. The normalized spacial score (nSPS) is 10.4. The molecule has 0 unspecified atom stereocenters. The number of thiophene rings is 1. The molecule has 0 saturated carbocycles. The summed E-state index contributed by atoms with van der Waals surface area (Å²) in [4.78, 5) is 13.1. The molecule has 0 aliphatic heterocycles. The highest BCUT2D eigenvalue weighted by molar-refractivity contribution is 9.13. The maximum atomic E-state index is 12.4. The number of carbonyl (C=O) groups is 1. The summed E-state index contributed by atoms with van der Waals surface area (Å²) in [6.45, 7) is 1.91. The van der Waals surface area contributed by atoms with E-state index in [9.17, 15) is 4.79 Å². The molecule has 0 N–H and O–H groups in total. The van der Waals surface area contributed by atoms with E-state index in [4.69, 9.17) is 4.74 Å². The van der Waals surface area contributed by atoms with Crippen molar-refractivity contribution < 1.29 is 9.53 Å². The summed E-state index contributed by atoms with van der Waals surface area (Å²) in [7, 11) is 1.61. The first-order valence-corrected chi connectivity index (χ1v) is 7.57. The lowest BCUT2D eigenvalue weighted by Gasteiger charge is -2.06. The second-order valence-corrected chi connectivity index (χ2v) is 6.97. The highest BCUT2D eigenvalue weighted by atomic mass is 79.9. The molecule has 0 amide bonds. The molecule has 1 heterocycles. The molecule has 94 valence electrons. The molecule has 18 heavy (non-hydrogen) atoms. The van der Waals surface area contributed by atoms with Gasteiger partial charge in [-0.3, -0.25) is 4.79 Å². The second-order valence-electron chi connectivity index (χ2n) is 3.74. The molecule has 0 fully saturated rings. The van der Waals surface area contributed by atoms with Gasteiger partial charge in [-0.1, -0.05) is 0 Å². The van der Waals surface area contributed by atoms with Gasteiger partial charge in [0.15, 0.2) is 0 Å². The van der Waals surface area contributed by atoms with E-state index in [2.05, 4.69) is 31.9 Å². The maximum absolute atomic E-state index is 12.4. The Bertz CT molecular complexity index is 586. The van der Waals surface area contributed by atoms with Crippen LogP contribution >= 0.6 is 43.2 Å². The summed E-state index contributed by atoms with van der Waals surface area (Å²) in [5, 5.41) is 0. The summed E-state index contributed by atoms with van der Waals surface area (Å²) in [6, 6.07) is 7.31. The number of carbonyl (C=O) groups excluding carboxylic acids is 1. The standard InChI is InChI=1S/C13H10Br2O2S/c1-7-5-8(17-2)3-4-9(7)12(16)11-6-10(14)13(15)18-11/h3-6H,1-2H3. The lowest BCUT2D eigenvalue weighted by molar-refractivity contribution is 0.104. The zero-order valence-electron chi connectivity index (χ0n) is 9.79. The van der Waals surface area contributed by atoms with Crippen LogP contribution in [0.1, 0.15) is 20.8 Å². The van der Waals surface area contributed by atoms with E-state index in [1.807, 2.05) is 19.1 Å². The molecule has 0 saturated heterocycles. The van der Waals surface area contributed by atoms with Crippen molar-refractivity contribution in [3.8, 4) is 5.75 Å². The molecule has 0 spiro atoms. The number of aryl methyl sites for hydroxylation is 1. The zero-order chi connectivity index (χ0) is 13.3. The number of hydrogen-bond donors (Lipinski definition) is 0. The van der Waals surface area contributed by atoms with Crippen molar-refractivity contribution >= 4 is 49.0 Å². The molecule has 2 aromatic rings. The summed E-state index contributed by atoms with van der Waals surface area (Å²) in [5.74, 6) is 0.796. The average Bonchev–Trinajstić information content (AvgIpc) is 2.68. The third-order valence-corrected chi connectivity index (χ3v) is 5.80. The van der Waals surface area contributed by atoms with Crippen molar-refractivity contribution in [2.24, 2.45) is 0 Å². The molecule has 2 nitrogen and oxygen atoms in total. The first-order valence-electron chi connectivity index (χ1n) is 5.17. The van der Waals surface area contributed by atoms with E-state index in [0.717, 1.165) is 19.6 Å². The molecule has 0 aliphatic carbocycles. The lowest BCUT2D eigenvalue weighted by Crippen LogP contribution is -2.01. The van der Waals surface area contributed by atoms with E-state index in [1.165, 1.54) is 11.3 Å². The zero-order valence-corrected chi connectivity index (χ0v) is 13.8. The van der Waals surface area contributed by atoms with Gasteiger partial charge in [0, 0.05) is 10.0 Å². The van der Waals surface area contributed by atoms with Crippen LogP contribution in [0.2, 0.25) is 0 Å². The summed E-state index contributed by atoms with van der Waals surface area (Å²) in [6.07, 6.45) is 0. The smallest absolute Gasteiger partial charge is 0.203 e. The number of ketones is 1. The molecule has 0 atom stereocenters. The minimum Gasteiger partial charge on any atom is -0.497 e. The van der Waals surface area contributed by atoms with Gasteiger partial charge in [-0.05, 0) is 68.6 Å². The highest BCUT2D eigenvalue weighted by Gasteiger charge is 2.16. The number of rotatable bonds is 3. The summed E-state index contributed by atoms with van der Waals surface area (Å²) >= 11 is 8.21. The van der Waals surface area contributed by atoms with Crippen molar-refractivity contribution in [3.05, 3.63) is 48.5 Å². The van der Waals surface area contributed by atoms with Crippen LogP contribution < -0.4 is 4.74 Å². The molecule has 0 radical (unpaired) electrons. The quantitative estimate of drug-likeness (QED) is 0.703. The predicted molar refractivity (Wildman–Crippen MR) is 80.9 cm³/mol. The van der Waals surface area contributed by atoms with E-state index >= 15 is 0 Å². The van der Waals surface area contributed by atoms with Crippen LogP contribution in [0.5, 0.6) is 5.75 Å². The largest absolute Gasteiger partial charge is 0.497 e. The predicted octanol–water partition coefficient (Wildman–Crippen LogP) is 4.82. The SMILES string of the molecule is COc1ccc(C(=O)c2cc(Br)c(Br)s2)c(C)c1. The molecule has 2 rings (SSSR count). The highest BCUT2D eigenvalue weighted by Crippen LogP contribution is 2.34. The fourth-order valence-corrected chi connectivity index (χ4v) is 3.60. The number of benzene rings is 1. The Hall–Kier alpha value is -0.650. The summed E-state index contributed by atoms with van der Waals surface area (Å²) in [5.41, 5.74) is 1.62. The van der Waals surface area contributed by atoms with Gasteiger partial charge in [0.2, 0.25) is 5.78 Å². The minimum absolute atomic E-state index is 0.0338. The minimum atomic E-state index is 0.0338. The number of hydrogen-bond acceptors (Lipinski definition) is 3. The van der Waals surface area contributed by atoms with Gasteiger partial charge in [-0.15, -0.1) is 11.3 Å². The van der Waals surface area contributed by atoms with Gasteiger partial charge in [-0.25, -0.2) is 0 Å². The molecular formula is C13H10Br2O2S. The Kier molecular flexibility index (Phi) is 4.25. The van der Waals surface area contributed by atoms with E-state index in [1.54, 1.807) is 19.2 Å². The molecule has 5 heteroatoms. The second kappa shape index (κ2) is 5.55. The molecule has 1 aromatic heterocycles. The van der Waals surface area contributed by atoms with Crippen molar-refractivity contribution in [3.63, 3.8) is 0 Å². The maximum Gasteiger partial charge on any atom is 0.203 e. The van der Waals surface area contributed by atoms with Crippen LogP contribution in [0.25, 0.3) is 0 Å². The topological polar surface area (TPSA) is 26.3 Å². The summed E-state index contributed by atoms with van der Waals surface area (Å²) < 4.78 is 6.97. The van der Waals surface area contributed by atoms with Gasteiger partial charge in [0.25, 0.3) is 0 Å².